The number of fused-ring (bicyclic) bond motifs is 1. The number of sulfone groups is 1. The first-order valence-electron chi connectivity index (χ1n) is 9.31. The third-order valence-electron chi connectivity index (χ3n) is 5.03. The maximum atomic E-state index is 12.9. The Morgan fingerprint density at radius 3 is 2.48 bits per heavy atom. The molecular formula is C21H24N2O5S. The molecule has 154 valence electrons. The Hall–Kier alpha value is -2.87. The Morgan fingerprint density at radius 1 is 1.17 bits per heavy atom. The van der Waals surface area contributed by atoms with Crippen LogP contribution in [0.4, 0.5) is 11.4 Å². The minimum atomic E-state index is -3.68. The minimum absolute atomic E-state index is 0.0667. The first-order valence-corrected chi connectivity index (χ1v) is 10.9. The van der Waals surface area contributed by atoms with Crippen molar-refractivity contribution in [3.8, 4) is 5.75 Å². The van der Waals surface area contributed by atoms with E-state index >= 15 is 0 Å². The molecule has 0 radical (unpaired) electrons. The minimum Gasteiger partial charge on any atom is -0.497 e. The quantitative estimate of drug-likeness (QED) is 0.782. The molecule has 0 aromatic heterocycles. The largest absolute Gasteiger partial charge is 0.497 e. The fraction of sp³-hybridized carbons (Fsp3) is 0.333. The average Bonchev–Trinajstić information content (AvgIpc) is 3.12. The Bertz CT molecular complexity index is 1030. The highest BCUT2D eigenvalue weighted by Crippen LogP contribution is 2.31. The van der Waals surface area contributed by atoms with Crippen LogP contribution in [0.3, 0.4) is 0 Å². The van der Waals surface area contributed by atoms with Crippen LogP contribution in [0.2, 0.25) is 0 Å². The summed E-state index contributed by atoms with van der Waals surface area (Å²) >= 11 is 0. The topological polar surface area (TPSA) is 92.8 Å². The van der Waals surface area contributed by atoms with Gasteiger partial charge in [-0.15, -0.1) is 0 Å². The van der Waals surface area contributed by atoms with E-state index in [-0.39, 0.29) is 23.1 Å². The molecule has 2 aromatic rings. The molecule has 8 heteroatoms. The maximum Gasteiger partial charge on any atom is 0.225 e. The summed E-state index contributed by atoms with van der Waals surface area (Å²) in [5.74, 6) is 0.219. The van der Waals surface area contributed by atoms with Gasteiger partial charge in [0.15, 0.2) is 9.84 Å². The second kappa shape index (κ2) is 8.24. The van der Waals surface area contributed by atoms with Crippen molar-refractivity contribution in [2.75, 3.05) is 23.9 Å². The van der Waals surface area contributed by atoms with E-state index in [4.69, 9.17) is 4.74 Å². The molecule has 0 saturated carbocycles. The van der Waals surface area contributed by atoms with E-state index in [1.807, 2.05) is 0 Å². The summed E-state index contributed by atoms with van der Waals surface area (Å²) in [6.07, 6.45) is 0.454. The van der Waals surface area contributed by atoms with Crippen LogP contribution in [0, 0.1) is 0 Å². The van der Waals surface area contributed by atoms with Crippen LogP contribution in [0.15, 0.2) is 47.4 Å². The van der Waals surface area contributed by atoms with Crippen molar-refractivity contribution < 1.29 is 22.7 Å². The molecule has 0 spiro atoms. The molecule has 0 fully saturated rings. The summed E-state index contributed by atoms with van der Waals surface area (Å²) in [6, 6.07) is 11.6. The van der Waals surface area contributed by atoms with Gasteiger partial charge in [0.05, 0.1) is 17.3 Å². The Labute approximate surface area is 170 Å². The molecule has 7 nitrogen and oxygen atoms in total. The molecule has 0 saturated heterocycles. The van der Waals surface area contributed by atoms with Crippen molar-refractivity contribution in [2.24, 2.45) is 0 Å². The van der Waals surface area contributed by atoms with Gasteiger partial charge < -0.3 is 15.0 Å². The molecule has 29 heavy (non-hydrogen) atoms. The van der Waals surface area contributed by atoms with Crippen LogP contribution in [-0.2, 0) is 25.8 Å². The number of hydrogen-bond donors (Lipinski definition) is 1. The number of carbonyl (C=O) groups is 2. The molecule has 1 atom stereocenters. The highest BCUT2D eigenvalue weighted by molar-refractivity contribution is 7.92. The normalized spacial score (nSPS) is 14.2. The summed E-state index contributed by atoms with van der Waals surface area (Å²) < 4.78 is 31.0. The SMILES string of the molecule is COc1ccc(NC(=O)C[C@@H](C)S(=O)(=O)c2ccc3c(c2)CCN3C(C)=O)cc1. The Balaban J connectivity index is 1.70. The second-order valence-electron chi connectivity index (χ2n) is 7.05. The highest BCUT2D eigenvalue weighted by Gasteiger charge is 2.29. The number of hydrogen-bond acceptors (Lipinski definition) is 5. The van der Waals surface area contributed by atoms with Crippen molar-refractivity contribution in [1.29, 1.82) is 0 Å². The lowest BCUT2D eigenvalue weighted by Crippen LogP contribution is -2.26. The molecule has 2 aromatic carbocycles. The van der Waals surface area contributed by atoms with Crippen molar-refractivity contribution >= 4 is 33.0 Å². The third-order valence-corrected chi connectivity index (χ3v) is 7.17. The summed E-state index contributed by atoms with van der Waals surface area (Å²) in [5.41, 5.74) is 2.15. The number of anilines is 2. The van der Waals surface area contributed by atoms with Gasteiger partial charge in [-0.25, -0.2) is 8.42 Å². The number of nitrogens with one attached hydrogen (secondary N) is 1. The van der Waals surface area contributed by atoms with Crippen molar-refractivity contribution in [2.45, 2.75) is 36.8 Å². The predicted molar refractivity (Wildman–Crippen MR) is 111 cm³/mol. The molecule has 0 unspecified atom stereocenters. The van der Waals surface area contributed by atoms with E-state index < -0.39 is 15.1 Å². The highest BCUT2D eigenvalue weighted by atomic mass is 32.2. The van der Waals surface area contributed by atoms with Gasteiger partial charge in [0.25, 0.3) is 0 Å². The van der Waals surface area contributed by atoms with Gasteiger partial charge in [-0.05, 0) is 61.4 Å². The van der Waals surface area contributed by atoms with Crippen molar-refractivity contribution in [3.63, 3.8) is 0 Å². The van der Waals surface area contributed by atoms with Crippen LogP contribution in [0.1, 0.15) is 25.8 Å². The molecule has 1 aliphatic heterocycles. The lowest BCUT2D eigenvalue weighted by Gasteiger charge is -2.16. The molecule has 2 amide bonds. The first kappa shape index (κ1) is 20.9. The van der Waals surface area contributed by atoms with Gasteiger partial charge in [0.1, 0.15) is 5.75 Å². The van der Waals surface area contributed by atoms with Gasteiger partial charge >= 0.3 is 0 Å². The number of ether oxygens (including phenoxy) is 1. The molecule has 1 aliphatic rings. The zero-order valence-corrected chi connectivity index (χ0v) is 17.5. The van der Waals surface area contributed by atoms with E-state index in [1.54, 1.807) is 48.4 Å². The Kier molecular flexibility index (Phi) is 5.93. The molecule has 1 heterocycles. The second-order valence-corrected chi connectivity index (χ2v) is 9.41. The fourth-order valence-corrected chi connectivity index (χ4v) is 4.77. The number of carbonyl (C=O) groups excluding carboxylic acids is 2. The molecule has 3 rings (SSSR count). The van der Waals surface area contributed by atoms with E-state index in [0.29, 0.717) is 24.4 Å². The van der Waals surface area contributed by atoms with Crippen LogP contribution in [0.5, 0.6) is 5.75 Å². The third kappa shape index (κ3) is 4.42. The number of methoxy groups -OCH3 is 1. The van der Waals surface area contributed by atoms with Gasteiger partial charge in [0, 0.05) is 31.3 Å². The van der Waals surface area contributed by atoms with Gasteiger partial charge in [-0.3, -0.25) is 9.59 Å². The Morgan fingerprint density at radius 2 is 1.86 bits per heavy atom. The average molecular weight is 416 g/mol. The summed E-state index contributed by atoms with van der Waals surface area (Å²) in [5, 5.41) is 1.82. The van der Waals surface area contributed by atoms with Crippen LogP contribution in [0.25, 0.3) is 0 Å². The molecular weight excluding hydrogens is 392 g/mol. The van der Waals surface area contributed by atoms with Crippen molar-refractivity contribution in [3.05, 3.63) is 48.0 Å². The number of nitrogens with zero attached hydrogens (tertiary/aromatic N) is 1. The van der Waals surface area contributed by atoms with Crippen molar-refractivity contribution in [1.82, 2.24) is 0 Å². The molecule has 0 bridgehead atoms. The van der Waals surface area contributed by atoms with Crippen LogP contribution >= 0.6 is 0 Å². The van der Waals surface area contributed by atoms with E-state index in [2.05, 4.69) is 5.32 Å². The van der Waals surface area contributed by atoms with Crippen LogP contribution < -0.4 is 15.0 Å². The predicted octanol–water partition coefficient (Wildman–Crippen LogP) is 2.80. The molecule has 0 aliphatic carbocycles. The summed E-state index contributed by atoms with van der Waals surface area (Å²) in [7, 11) is -2.13. The number of benzene rings is 2. The first-order chi connectivity index (χ1) is 13.7. The fourth-order valence-electron chi connectivity index (χ4n) is 3.37. The summed E-state index contributed by atoms with van der Waals surface area (Å²) in [6.45, 7) is 3.56. The standard InChI is InChI=1S/C21H24N2O5S/c1-14(12-21(25)22-17-4-6-18(28-3)7-5-17)29(26,27)19-8-9-20-16(13-19)10-11-23(20)15(2)24/h4-9,13-14H,10-12H2,1-3H3,(H,22,25)/t14-/m1/s1. The lowest BCUT2D eigenvalue weighted by molar-refractivity contribution is -0.117. The smallest absolute Gasteiger partial charge is 0.225 e. The van der Waals surface area contributed by atoms with Crippen LogP contribution in [-0.4, -0.2) is 39.1 Å². The lowest BCUT2D eigenvalue weighted by atomic mass is 10.2. The maximum absolute atomic E-state index is 12.9. The summed E-state index contributed by atoms with van der Waals surface area (Å²) in [4.78, 5) is 25.8. The van der Waals surface area contributed by atoms with Gasteiger partial charge in [-0.2, -0.15) is 0 Å². The van der Waals surface area contributed by atoms with E-state index in [0.717, 1.165) is 11.3 Å². The zero-order chi connectivity index (χ0) is 21.2. The monoisotopic (exact) mass is 416 g/mol. The van der Waals surface area contributed by atoms with E-state index in [1.165, 1.54) is 19.9 Å². The van der Waals surface area contributed by atoms with Gasteiger partial charge in [0.2, 0.25) is 11.8 Å². The molecule has 1 N–H and O–H groups in total. The zero-order valence-electron chi connectivity index (χ0n) is 16.6. The van der Waals surface area contributed by atoms with Gasteiger partial charge in [-0.1, -0.05) is 0 Å². The van der Waals surface area contributed by atoms with E-state index in [9.17, 15) is 18.0 Å². The number of rotatable bonds is 6. The number of amides is 2.